The van der Waals surface area contributed by atoms with E-state index in [0.29, 0.717) is 12.2 Å². The summed E-state index contributed by atoms with van der Waals surface area (Å²) in [5.74, 6) is -0.732. The summed E-state index contributed by atoms with van der Waals surface area (Å²) in [5, 5.41) is 0. The van der Waals surface area contributed by atoms with Crippen LogP contribution in [0.1, 0.15) is 33.4 Å². The molecule has 20 heavy (non-hydrogen) atoms. The number of benzene rings is 1. The molecule has 0 saturated carbocycles. The molecule has 0 amide bonds. The van der Waals surface area contributed by atoms with Gasteiger partial charge in [0.05, 0.1) is 18.4 Å². The number of ether oxygens (including phenoxy) is 2. The molecule has 0 radical (unpaired) electrons. The van der Waals surface area contributed by atoms with Crippen molar-refractivity contribution in [2.45, 2.75) is 13.5 Å². The van der Waals surface area contributed by atoms with E-state index in [0.717, 1.165) is 5.56 Å². The molecule has 0 fully saturated rings. The van der Waals surface area contributed by atoms with E-state index >= 15 is 0 Å². The minimum absolute atomic E-state index is 0.114. The van der Waals surface area contributed by atoms with E-state index < -0.39 is 5.97 Å². The molecule has 0 aliphatic heterocycles. The van der Waals surface area contributed by atoms with Gasteiger partial charge in [-0.3, -0.25) is 0 Å². The summed E-state index contributed by atoms with van der Waals surface area (Å²) in [6.45, 7) is 2.20. The van der Waals surface area contributed by atoms with Crippen LogP contribution in [0.5, 0.6) is 0 Å². The summed E-state index contributed by atoms with van der Waals surface area (Å²) in [5.41, 5.74) is 1.24. The van der Waals surface area contributed by atoms with Gasteiger partial charge in [-0.1, -0.05) is 12.1 Å². The summed E-state index contributed by atoms with van der Waals surface area (Å²) < 4.78 is 14.9. The van der Waals surface area contributed by atoms with Crippen LogP contribution in [0, 0.1) is 0 Å². The third kappa shape index (κ3) is 3.47. The van der Waals surface area contributed by atoms with Crippen LogP contribution >= 0.6 is 0 Å². The smallest absolute Gasteiger partial charge is 0.374 e. The van der Waals surface area contributed by atoms with Crippen molar-refractivity contribution >= 4 is 11.9 Å². The summed E-state index contributed by atoms with van der Waals surface area (Å²) in [6, 6.07) is 9.84. The van der Waals surface area contributed by atoms with Gasteiger partial charge in [0.15, 0.2) is 0 Å². The Hall–Kier alpha value is -2.56. The second kappa shape index (κ2) is 6.56. The van der Waals surface area contributed by atoms with E-state index in [1.807, 2.05) is 0 Å². The van der Waals surface area contributed by atoms with Crippen molar-refractivity contribution in [2.24, 2.45) is 0 Å². The first-order valence-corrected chi connectivity index (χ1v) is 6.17. The van der Waals surface area contributed by atoms with Gasteiger partial charge < -0.3 is 13.9 Å². The molecule has 1 heterocycles. The lowest BCUT2D eigenvalue weighted by molar-refractivity contribution is 0.0434. The minimum Gasteiger partial charge on any atom is -0.462 e. The number of carbonyl (C=O) groups is 2. The average molecular weight is 274 g/mol. The Bertz CT molecular complexity index is 569. The largest absolute Gasteiger partial charge is 0.462 e. The summed E-state index contributed by atoms with van der Waals surface area (Å²) in [7, 11) is 0. The van der Waals surface area contributed by atoms with Crippen molar-refractivity contribution in [3.8, 4) is 0 Å². The van der Waals surface area contributed by atoms with Crippen molar-refractivity contribution in [2.75, 3.05) is 6.61 Å². The first-order valence-electron chi connectivity index (χ1n) is 6.17. The van der Waals surface area contributed by atoms with Gasteiger partial charge >= 0.3 is 11.9 Å². The van der Waals surface area contributed by atoms with E-state index in [-0.39, 0.29) is 18.3 Å². The number of furan rings is 1. The third-order valence-electron chi connectivity index (χ3n) is 2.56. The number of hydrogen-bond donors (Lipinski definition) is 0. The Morgan fingerprint density at radius 1 is 1.05 bits per heavy atom. The van der Waals surface area contributed by atoms with Crippen molar-refractivity contribution in [1.29, 1.82) is 0 Å². The van der Waals surface area contributed by atoms with Crippen LogP contribution in [0.3, 0.4) is 0 Å². The fourth-order valence-corrected chi connectivity index (χ4v) is 1.57. The third-order valence-corrected chi connectivity index (χ3v) is 2.56. The average Bonchev–Trinajstić information content (AvgIpc) is 3.00. The van der Waals surface area contributed by atoms with Crippen LogP contribution in [0.2, 0.25) is 0 Å². The van der Waals surface area contributed by atoms with Crippen molar-refractivity contribution in [3.05, 3.63) is 59.5 Å². The summed E-state index contributed by atoms with van der Waals surface area (Å²) in [6.07, 6.45) is 1.41. The zero-order valence-electron chi connectivity index (χ0n) is 11.0. The van der Waals surface area contributed by atoms with Crippen molar-refractivity contribution in [3.63, 3.8) is 0 Å². The van der Waals surface area contributed by atoms with Gasteiger partial charge in [0, 0.05) is 0 Å². The molecule has 5 nitrogen and oxygen atoms in total. The van der Waals surface area contributed by atoms with Crippen LogP contribution in [-0.4, -0.2) is 18.5 Å². The molecule has 0 spiro atoms. The van der Waals surface area contributed by atoms with E-state index in [1.165, 1.54) is 12.3 Å². The lowest BCUT2D eigenvalue weighted by Crippen LogP contribution is -2.06. The fourth-order valence-electron chi connectivity index (χ4n) is 1.57. The lowest BCUT2D eigenvalue weighted by atomic mass is 10.1. The molecular formula is C15H14O5. The van der Waals surface area contributed by atoms with Gasteiger partial charge in [0.2, 0.25) is 5.76 Å². The SMILES string of the molecule is CCOC(=O)c1ccc(COC(=O)c2ccco2)cc1. The maximum absolute atomic E-state index is 11.5. The van der Waals surface area contributed by atoms with Crippen LogP contribution in [0.25, 0.3) is 0 Å². The molecule has 5 heteroatoms. The Labute approximate surface area is 116 Å². The molecule has 0 atom stereocenters. The number of hydrogen-bond acceptors (Lipinski definition) is 5. The molecule has 0 bridgehead atoms. The lowest BCUT2D eigenvalue weighted by Gasteiger charge is -2.05. The fraction of sp³-hybridized carbons (Fsp3) is 0.200. The zero-order chi connectivity index (χ0) is 14.4. The molecule has 0 saturated heterocycles. The Balaban J connectivity index is 1.91. The highest BCUT2D eigenvalue weighted by molar-refractivity contribution is 5.89. The molecule has 0 unspecified atom stereocenters. The molecule has 0 N–H and O–H groups in total. The van der Waals surface area contributed by atoms with Gasteiger partial charge in [0.25, 0.3) is 0 Å². The van der Waals surface area contributed by atoms with Crippen LogP contribution in [-0.2, 0) is 16.1 Å². The summed E-state index contributed by atoms with van der Waals surface area (Å²) in [4.78, 5) is 23.0. The molecule has 104 valence electrons. The van der Waals surface area contributed by atoms with Gasteiger partial charge in [-0.2, -0.15) is 0 Å². The molecule has 1 aromatic carbocycles. The number of carbonyl (C=O) groups excluding carboxylic acids is 2. The molecule has 2 rings (SSSR count). The molecular weight excluding hydrogens is 260 g/mol. The van der Waals surface area contributed by atoms with Crippen molar-refractivity contribution < 1.29 is 23.5 Å². The molecule has 2 aromatic rings. The molecule has 0 aliphatic rings. The van der Waals surface area contributed by atoms with E-state index in [4.69, 9.17) is 13.9 Å². The van der Waals surface area contributed by atoms with Gasteiger partial charge in [-0.25, -0.2) is 9.59 Å². The second-order valence-electron chi connectivity index (χ2n) is 3.97. The van der Waals surface area contributed by atoms with Gasteiger partial charge in [0.1, 0.15) is 6.61 Å². The Kier molecular flexibility index (Phi) is 4.55. The first-order chi connectivity index (χ1) is 9.70. The maximum atomic E-state index is 11.5. The normalized spacial score (nSPS) is 10.1. The van der Waals surface area contributed by atoms with E-state index in [9.17, 15) is 9.59 Å². The van der Waals surface area contributed by atoms with Crippen LogP contribution in [0.15, 0.2) is 47.1 Å². The van der Waals surface area contributed by atoms with E-state index in [2.05, 4.69) is 0 Å². The topological polar surface area (TPSA) is 65.7 Å². The monoisotopic (exact) mass is 274 g/mol. The van der Waals surface area contributed by atoms with Crippen LogP contribution < -0.4 is 0 Å². The van der Waals surface area contributed by atoms with E-state index in [1.54, 1.807) is 37.3 Å². The Morgan fingerprint density at radius 3 is 2.40 bits per heavy atom. The number of esters is 2. The second-order valence-corrected chi connectivity index (χ2v) is 3.97. The van der Waals surface area contributed by atoms with Gasteiger partial charge in [-0.05, 0) is 36.8 Å². The van der Waals surface area contributed by atoms with Gasteiger partial charge in [-0.15, -0.1) is 0 Å². The zero-order valence-corrected chi connectivity index (χ0v) is 11.0. The highest BCUT2D eigenvalue weighted by Crippen LogP contribution is 2.09. The quantitative estimate of drug-likeness (QED) is 0.784. The minimum atomic E-state index is -0.524. The maximum Gasteiger partial charge on any atom is 0.374 e. The first kappa shape index (κ1) is 13.9. The highest BCUT2D eigenvalue weighted by atomic mass is 16.5. The highest BCUT2D eigenvalue weighted by Gasteiger charge is 2.10. The Morgan fingerprint density at radius 2 is 1.80 bits per heavy atom. The van der Waals surface area contributed by atoms with Crippen LogP contribution in [0.4, 0.5) is 0 Å². The molecule has 1 aromatic heterocycles. The number of rotatable bonds is 5. The summed E-state index contributed by atoms with van der Waals surface area (Å²) >= 11 is 0. The predicted octanol–water partition coefficient (Wildman–Crippen LogP) is 2.81. The molecule has 0 aliphatic carbocycles. The van der Waals surface area contributed by atoms with Crippen molar-refractivity contribution in [1.82, 2.24) is 0 Å². The predicted molar refractivity (Wildman–Crippen MR) is 70.2 cm³/mol. The standard InChI is InChI=1S/C15H14O5/c1-2-18-14(16)12-7-5-11(6-8-12)10-20-15(17)13-4-3-9-19-13/h3-9H,2,10H2,1H3.